The van der Waals surface area contributed by atoms with E-state index in [9.17, 15) is 18.7 Å². The van der Waals surface area contributed by atoms with Crippen molar-refractivity contribution in [3.8, 4) is 0 Å². The molecular formula is C20H17F2N3O2. The molecule has 1 aromatic heterocycles. The van der Waals surface area contributed by atoms with Crippen molar-refractivity contribution in [1.82, 2.24) is 9.55 Å². The zero-order valence-corrected chi connectivity index (χ0v) is 14.8. The van der Waals surface area contributed by atoms with Gasteiger partial charge in [0.15, 0.2) is 23.1 Å². The van der Waals surface area contributed by atoms with Crippen LogP contribution in [0.2, 0.25) is 0 Å². The second-order valence-corrected chi connectivity index (χ2v) is 6.73. The van der Waals surface area contributed by atoms with E-state index in [1.807, 2.05) is 0 Å². The highest BCUT2D eigenvalue weighted by atomic mass is 19.2. The average Bonchev–Trinajstić information content (AvgIpc) is 2.96. The maximum atomic E-state index is 13.5. The minimum atomic E-state index is -1.73. The summed E-state index contributed by atoms with van der Waals surface area (Å²) in [5, 5.41) is 10.7. The molecule has 0 spiro atoms. The van der Waals surface area contributed by atoms with Gasteiger partial charge in [-0.25, -0.2) is 18.6 Å². The van der Waals surface area contributed by atoms with Crippen molar-refractivity contribution in [3.63, 3.8) is 0 Å². The van der Waals surface area contributed by atoms with E-state index in [1.165, 1.54) is 17.8 Å². The van der Waals surface area contributed by atoms with Crippen molar-refractivity contribution in [2.45, 2.75) is 32.4 Å². The van der Waals surface area contributed by atoms with Crippen LogP contribution >= 0.6 is 0 Å². The van der Waals surface area contributed by atoms with Crippen LogP contribution < -0.4 is 0 Å². The molecule has 0 aliphatic rings. The van der Waals surface area contributed by atoms with Gasteiger partial charge in [0.05, 0.1) is 30.5 Å². The fourth-order valence-electron chi connectivity index (χ4n) is 2.93. The van der Waals surface area contributed by atoms with E-state index in [4.69, 9.17) is 6.57 Å². The number of ketones is 1. The Kier molecular flexibility index (Phi) is 4.77. The number of carbonyl (C=O) groups is 1. The Morgan fingerprint density at radius 3 is 2.67 bits per heavy atom. The van der Waals surface area contributed by atoms with Gasteiger partial charge in [-0.1, -0.05) is 18.2 Å². The smallest absolute Gasteiger partial charge is 0.190 e. The number of carbonyl (C=O) groups excluding carboxylic acids is 1. The van der Waals surface area contributed by atoms with Crippen LogP contribution in [0.25, 0.3) is 15.9 Å². The molecule has 0 saturated carbocycles. The maximum absolute atomic E-state index is 13.5. The molecule has 0 fully saturated rings. The summed E-state index contributed by atoms with van der Waals surface area (Å²) in [5.74, 6) is -2.46. The number of fused-ring (bicyclic) bond motifs is 1. The topological polar surface area (TPSA) is 59.5 Å². The maximum Gasteiger partial charge on any atom is 0.190 e. The van der Waals surface area contributed by atoms with E-state index in [1.54, 1.807) is 25.1 Å². The van der Waals surface area contributed by atoms with Crippen molar-refractivity contribution in [3.05, 3.63) is 70.8 Å². The molecule has 1 N–H and O–H groups in total. The summed E-state index contributed by atoms with van der Waals surface area (Å²) >= 11 is 0. The first-order valence-corrected chi connectivity index (χ1v) is 8.24. The zero-order chi connectivity index (χ0) is 19.8. The molecule has 0 aliphatic heterocycles. The predicted octanol–water partition coefficient (Wildman–Crippen LogP) is 3.74. The summed E-state index contributed by atoms with van der Waals surface area (Å²) in [6, 6.07) is 7.02. The largest absolute Gasteiger partial charge is 0.380 e. The van der Waals surface area contributed by atoms with Crippen molar-refractivity contribution < 1.29 is 18.7 Å². The van der Waals surface area contributed by atoms with Gasteiger partial charge in [0.25, 0.3) is 0 Å². The van der Waals surface area contributed by atoms with Gasteiger partial charge in [0.1, 0.15) is 5.60 Å². The van der Waals surface area contributed by atoms with Gasteiger partial charge in [0.2, 0.25) is 0 Å². The Balaban J connectivity index is 1.82. The van der Waals surface area contributed by atoms with E-state index in [0.717, 1.165) is 17.7 Å². The molecule has 7 heteroatoms. The summed E-state index contributed by atoms with van der Waals surface area (Å²) < 4.78 is 28.2. The van der Waals surface area contributed by atoms with Gasteiger partial charge >= 0.3 is 0 Å². The molecule has 0 amide bonds. The highest BCUT2D eigenvalue weighted by Gasteiger charge is 2.31. The van der Waals surface area contributed by atoms with Crippen molar-refractivity contribution in [2.75, 3.05) is 0 Å². The fraction of sp³-hybridized carbons (Fsp3) is 0.250. The monoisotopic (exact) mass is 369 g/mol. The molecule has 27 heavy (non-hydrogen) atoms. The molecule has 0 bridgehead atoms. The van der Waals surface area contributed by atoms with Crippen LogP contribution in [0.1, 0.15) is 18.1 Å². The van der Waals surface area contributed by atoms with Crippen molar-refractivity contribution in [1.29, 1.82) is 0 Å². The number of aliphatic hydroxyl groups is 1. The van der Waals surface area contributed by atoms with E-state index in [0.29, 0.717) is 16.8 Å². The van der Waals surface area contributed by atoms with E-state index in [-0.39, 0.29) is 18.5 Å². The van der Waals surface area contributed by atoms with E-state index < -0.39 is 23.0 Å². The minimum absolute atomic E-state index is 0.0122. The first-order valence-electron chi connectivity index (χ1n) is 8.24. The fourth-order valence-corrected chi connectivity index (χ4v) is 2.93. The summed E-state index contributed by atoms with van der Waals surface area (Å²) in [7, 11) is 0. The first-order chi connectivity index (χ1) is 12.7. The minimum Gasteiger partial charge on any atom is -0.380 e. The first kappa shape index (κ1) is 18.7. The Morgan fingerprint density at radius 2 is 2.00 bits per heavy atom. The van der Waals surface area contributed by atoms with E-state index >= 15 is 0 Å². The van der Waals surface area contributed by atoms with Crippen LogP contribution in [0.3, 0.4) is 0 Å². The van der Waals surface area contributed by atoms with Crippen LogP contribution in [-0.2, 0) is 17.8 Å². The third-order valence-electron chi connectivity index (χ3n) is 4.49. The van der Waals surface area contributed by atoms with Crippen LogP contribution in [-0.4, -0.2) is 26.0 Å². The summed E-state index contributed by atoms with van der Waals surface area (Å²) in [6.45, 7) is 10.1. The van der Waals surface area contributed by atoms with Crippen molar-refractivity contribution in [2.24, 2.45) is 0 Å². The highest BCUT2D eigenvalue weighted by molar-refractivity contribution is 5.89. The molecule has 3 rings (SSSR count). The quantitative estimate of drug-likeness (QED) is 0.697. The molecule has 2 aromatic carbocycles. The number of nitrogens with zero attached hydrogens (tertiary/aromatic N) is 3. The lowest BCUT2D eigenvalue weighted by Gasteiger charge is -2.23. The molecule has 0 aliphatic carbocycles. The molecule has 138 valence electrons. The van der Waals surface area contributed by atoms with Gasteiger partial charge in [-0.3, -0.25) is 4.79 Å². The van der Waals surface area contributed by atoms with Crippen LogP contribution in [0.4, 0.5) is 14.5 Å². The average molecular weight is 369 g/mol. The highest BCUT2D eigenvalue weighted by Crippen LogP contribution is 2.23. The number of imidazole rings is 1. The predicted molar refractivity (Wildman–Crippen MR) is 96.4 cm³/mol. The third kappa shape index (κ3) is 3.71. The summed E-state index contributed by atoms with van der Waals surface area (Å²) in [6.07, 6.45) is 1.32. The van der Waals surface area contributed by atoms with Gasteiger partial charge < -0.3 is 9.67 Å². The zero-order valence-electron chi connectivity index (χ0n) is 14.8. The molecule has 0 saturated heterocycles. The van der Waals surface area contributed by atoms with Crippen molar-refractivity contribution >= 4 is 22.5 Å². The Labute approximate surface area is 154 Å². The molecule has 5 nitrogen and oxygen atoms in total. The lowest BCUT2D eigenvalue weighted by Crippen LogP contribution is -2.40. The standard InChI is InChI=1S/C20H17F2N3O2/c1-12-6-13(4-5-16(12)23-3)7-19(26)20(2,27)10-25-11-24-17-8-14(21)15(22)9-18(17)25/h4-6,8-9,11,27H,7,10H2,1-2H3/t20-/m0/s1. The van der Waals surface area contributed by atoms with Gasteiger partial charge in [-0.15, -0.1) is 0 Å². The Bertz CT molecular complexity index is 1080. The third-order valence-corrected chi connectivity index (χ3v) is 4.49. The number of halogens is 2. The van der Waals surface area contributed by atoms with Crippen LogP contribution in [0, 0.1) is 25.1 Å². The lowest BCUT2D eigenvalue weighted by atomic mass is 9.94. The number of rotatable bonds is 5. The number of hydrogen-bond donors (Lipinski definition) is 1. The lowest BCUT2D eigenvalue weighted by molar-refractivity contribution is -0.136. The second-order valence-electron chi connectivity index (χ2n) is 6.73. The summed E-state index contributed by atoms with van der Waals surface area (Å²) in [4.78, 5) is 20.0. The van der Waals surface area contributed by atoms with Gasteiger partial charge in [-0.05, 0) is 25.0 Å². The molecular weight excluding hydrogens is 352 g/mol. The van der Waals surface area contributed by atoms with Crippen LogP contribution in [0.5, 0.6) is 0 Å². The number of benzene rings is 2. The SMILES string of the molecule is [C-]#[N+]c1ccc(CC(=O)[C@@](C)(O)Cn2cnc3cc(F)c(F)cc32)cc1C. The summed E-state index contributed by atoms with van der Waals surface area (Å²) in [5.41, 5.74) is 0.755. The van der Waals surface area contributed by atoms with E-state index in [2.05, 4.69) is 9.83 Å². The molecule has 1 heterocycles. The number of aryl methyl sites for hydroxylation is 1. The normalized spacial score (nSPS) is 13.3. The number of hydrogen-bond acceptors (Lipinski definition) is 3. The molecule has 0 radical (unpaired) electrons. The van der Waals surface area contributed by atoms with Gasteiger partial charge in [0, 0.05) is 18.6 Å². The van der Waals surface area contributed by atoms with Gasteiger partial charge in [-0.2, -0.15) is 0 Å². The molecule has 0 unspecified atom stereocenters. The Morgan fingerprint density at radius 1 is 1.30 bits per heavy atom. The number of aromatic nitrogens is 2. The van der Waals surface area contributed by atoms with Crippen LogP contribution in [0.15, 0.2) is 36.7 Å². The molecule has 3 aromatic rings. The molecule has 1 atom stereocenters. The Hall–Kier alpha value is -3.11. The number of Topliss-reactive ketones (excluding diaryl/α,β-unsaturated/α-hetero) is 1. The second kappa shape index (κ2) is 6.89.